The third-order valence-corrected chi connectivity index (χ3v) is 4.09. The first-order valence-electron chi connectivity index (χ1n) is 5.73. The van der Waals surface area contributed by atoms with Crippen LogP contribution in [0.2, 0.25) is 5.02 Å². The molecule has 1 amide bonds. The molecule has 1 saturated heterocycles. The first kappa shape index (κ1) is 14.2. The smallest absolute Gasteiger partial charge is 0.337 e. The van der Waals surface area contributed by atoms with Crippen molar-refractivity contribution < 1.29 is 14.7 Å². The average molecular weight is 301 g/mol. The number of nitrogens with one attached hydrogen (secondary N) is 2. The number of thioether (sulfide) groups is 1. The van der Waals surface area contributed by atoms with Gasteiger partial charge >= 0.3 is 5.97 Å². The van der Waals surface area contributed by atoms with Crippen LogP contribution < -0.4 is 10.6 Å². The fraction of sp³-hybridized carbons (Fsp3) is 0.333. The highest BCUT2D eigenvalue weighted by Gasteiger charge is 2.21. The maximum Gasteiger partial charge on any atom is 0.337 e. The average Bonchev–Trinajstić information content (AvgIpc) is 2.41. The van der Waals surface area contributed by atoms with Gasteiger partial charge in [-0.1, -0.05) is 11.6 Å². The van der Waals surface area contributed by atoms with Crippen molar-refractivity contribution in [2.75, 3.05) is 23.4 Å². The number of rotatable bonds is 3. The number of hydrogen-bond donors (Lipinski definition) is 3. The van der Waals surface area contributed by atoms with E-state index >= 15 is 0 Å². The van der Waals surface area contributed by atoms with E-state index in [0.717, 1.165) is 12.3 Å². The molecule has 1 aliphatic rings. The molecule has 1 fully saturated rings. The van der Waals surface area contributed by atoms with Gasteiger partial charge in [0.2, 0.25) is 5.91 Å². The Morgan fingerprint density at radius 1 is 1.47 bits per heavy atom. The number of halogens is 1. The van der Waals surface area contributed by atoms with Gasteiger partial charge in [0.15, 0.2) is 0 Å². The normalized spacial score (nSPS) is 18.9. The number of aromatic carboxylic acids is 1. The van der Waals surface area contributed by atoms with Crippen LogP contribution in [0.4, 0.5) is 5.69 Å². The van der Waals surface area contributed by atoms with Crippen LogP contribution in [-0.4, -0.2) is 41.1 Å². The second-order valence-corrected chi connectivity index (χ2v) is 5.63. The third kappa shape index (κ3) is 3.62. The number of carboxylic acid groups (broad SMARTS) is 1. The molecule has 1 heterocycles. The summed E-state index contributed by atoms with van der Waals surface area (Å²) in [5.41, 5.74) is 0.412. The molecule has 7 heteroatoms. The summed E-state index contributed by atoms with van der Waals surface area (Å²) >= 11 is 7.48. The van der Waals surface area contributed by atoms with Crippen LogP contribution in [0.25, 0.3) is 0 Å². The highest BCUT2D eigenvalue weighted by atomic mass is 35.5. The molecule has 0 aromatic heterocycles. The van der Waals surface area contributed by atoms with Crippen LogP contribution in [0.5, 0.6) is 0 Å². The number of anilines is 1. The molecule has 1 aliphatic heterocycles. The summed E-state index contributed by atoms with van der Waals surface area (Å²) in [6, 6.07) is 4.16. The first-order chi connectivity index (χ1) is 9.08. The maximum absolute atomic E-state index is 12.0. The Bertz CT molecular complexity index is 504. The molecule has 1 aromatic carbocycles. The Balaban J connectivity index is 2.08. The van der Waals surface area contributed by atoms with Crippen LogP contribution >= 0.6 is 23.4 Å². The monoisotopic (exact) mass is 300 g/mol. The Morgan fingerprint density at radius 2 is 2.26 bits per heavy atom. The number of carboxylic acids is 1. The predicted octanol–water partition coefficient (Wildman–Crippen LogP) is 1.68. The van der Waals surface area contributed by atoms with E-state index in [1.807, 2.05) is 0 Å². The molecule has 0 radical (unpaired) electrons. The van der Waals surface area contributed by atoms with Crippen LogP contribution in [-0.2, 0) is 4.79 Å². The zero-order valence-corrected chi connectivity index (χ0v) is 11.6. The summed E-state index contributed by atoms with van der Waals surface area (Å²) in [5, 5.41) is 14.9. The molecule has 3 N–H and O–H groups in total. The van der Waals surface area contributed by atoms with Gasteiger partial charge in [-0.25, -0.2) is 4.79 Å². The second kappa shape index (κ2) is 6.27. The Kier molecular flexibility index (Phi) is 4.68. The SMILES string of the molecule is O=C(O)c1cc(NC(=O)C2CSCCN2)ccc1Cl. The minimum atomic E-state index is -1.12. The molecule has 0 saturated carbocycles. The maximum atomic E-state index is 12.0. The van der Waals surface area contributed by atoms with Crippen molar-refractivity contribution in [1.29, 1.82) is 0 Å². The first-order valence-corrected chi connectivity index (χ1v) is 7.26. The standard InChI is InChI=1S/C12H13ClN2O3S/c13-9-2-1-7(5-8(9)12(17)18)15-11(16)10-6-19-4-3-14-10/h1-2,5,10,14H,3-4,6H2,(H,15,16)(H,17,18). The van der Waals surface area contributed by atoms with Crippen LogP contribution in [0.15, 0.2) is 18.2 Å². The minimum Gasteiger partial charge on any atom is -0.478 e. The van der Waals surface area contributed by atoms with Crippen molar-refractivity contribution in [3.05, 3.63) is 28.8 Å². The minimum absolute atomic E-state index is 0.0227. The number of carbonyl (C=O) groups is 2. The quantitative estimate of drug-likeness (QED) is 0.791. The topological polar surface area (TPSA) is 78.4 Å². The van der Waals surface area contributed by atoms with Crippen molar-refractivity contribution in [1.82, 2.24) is 5.32 Å². The van der Waals surface area contributed by atoms with Crippen molar-refractivity contribution in [3.63, 3.8) is 0 Å². The van der Waals surface area contributed by atoms with Gasteiger partial charge in [0.05, 0.1) is 16.6 Å². The summed E-state index contributed by atoms with van der Waals surface area (Å²) in [6.45, 7) is 0.795. The lowest BCUT2D eigenvalue weighted by atomic mass is 10.2. The zero-order valence-electron chi connectivity index (χ0n) is 9.98. The third-order valence-electron chi connectivity index (χ3n) is 2.70. The molecular formula is C12H13ClN2O3S. The Labute approximate surface area is 119 Å². The predicted molar refractivity (Wildman–Crippen MR) is 76.2 cm³/mol. The fourth-order valence-corrected chi connectivity index (χ4v) is 2.86. The van der Waals surface area contributed by atoms with E-state index in [0.29, 0.717) is 11.4 Å². The van der Waals surface area contributed by atoms with Gasteiger partial charge in [-0.05, 0) is 18.2 Å². The van der Waals surface area contributed by atoms with Gasteiger partial charge in [-0.2, -0.15) is 11.8 Å². The summed E-state index contributed by atoms with van der Waals surface area (Å²) in [7, 11) is 0. The molecular weight excluding hydrogens is 288 g/mol. The number of benzene rings is 1. The van der Waals surface area contributed by atoms with Crippen molar-refractivity contribution >= 4 is 40.9 Å². The lowest BCUT2D eigenvalue weighted by molar-refractivity contribution is -0.117. The summed E-state index contributed by atoms with van der Waals surface area (Å²) in [5.74, 6) is 0.428. The molecule has 1 aromatic rings. The number of carbonyl (C=O) groups excluding carboxylic acids is 1. The van der Waals surface area contributed by atoms with Crippen molar-refractivity contribution in [3.8, 4) is 0 Å². The van der Waals surface area contributed by atoms with E-state index in [1.165, 1.54) is 12.1 Å². The van der Waals surface area contributed by atoms with Crippen LogP contribution in [0, 0.1) is 0 Å². The summed E-state index contributed by atoms with van der Waals surface area (Å²) in [6.07, 6.45) is 0. The van der Waals surface area contributed by atoms with Gasteiger partial charge in [-0.15, -0.1) is 0 Å². The van der Waals surface area contributed by atoms with E-state index in [1.54, 1.807) is 17.8 Å². The van der Waals surface area contributed by atoms with Crippen LogP contribution in [0.1, 0.15) is 10.4 Å². The molecule has 5 nitrogen and oxygen atoms in total. The van der Waals surface area contributed by atoms with E-state index < -0.39 is 5.97 Å². The molecule has 102 valence electrons. The molecule has 19 heavy (non-hydrogen) atoms. The van der Waals surface area contributed by atoms with Crippen molar-refractivity contribution in [2.45, 2.75) is 6.04 Å². The molecule has 1 atom stereocenters. The molecule has 0 spiro atoms. The van der Waals surface area contributed by atoms with E-state index in [9.17, 15) is 9.59 Å². The van der Waals surface area contributed by atoms with Gasteiger partial charge < -0.3 is 15.7 Å². The van der Waals surface area contributed by atoms with Gasteiger partial charge in [0.1, 0.15) is 0 Å². The molecule has 1 unspecified atom stereocenters. The fourth-order valence-electron chi connectivity index (χ4n) is 1.73. The molecule has 0 aliphatic carbocycles. The van der Waals surface area contributed by atoms with Gasteiger partial charge in [0.25, 0.3) is 0 Å². The lowest BCUT2D eigenvalue weighted by Crippen LogP contribution is -2.46. The second-order valence-electron chi connectivity index (χ2n) is 4.07. The lowest BCUT2D eigenvalue weighted by Gasteiger charge is -2.22. The van der Waals surface area contributed by atoms with E-state index in [-0.39, 0.29) is 22.5 Å². The zero-order chi connectivity index (χ0) is 13.8. The summed E-state index contributed by atoms with van der Waals surface area (Å²) in [4.78, 5) is 22.9. The highest BCUT2D eigenvalue weighted by molar-refractivity contribution is 7.99. The van der Waals surface area contributed by atoms with Gasteiger partial charge in [0, 0.05) is 23.7 Å². The largest absolute Gasteiger partial charge is 0.478 e. The molecule has 2 rings (SSSR count). The van der Waals surface area contributed by atoms with E-state index in [2.05, 4.69) is 10.6 Å². The van der Waals surface area contributed by atoms with Crippen LogP contribution in [0.3, 0.4) is 0 Å². The Morgan fingerprint density at radius 3 is 2.89 bits per heavy atom. The van der Waals surface area contributed by atoms with Gasteiger partial charge in [-0.3, -0.25) is 4.79 Å². The number of hydrogen-bond acceptors (Lipinski definition) is 4. The summed E-state index contributed by atoms with van der Waals surface area (Å²) < 4.78 is 0. The van der Waals surface area contributed by atoms with Crippen molar-refractivity contribution in [2.24, 2.45) is 0 Å². The van der Waals surface area contributed by atoms with E-state index in [4.69, 9.17) is 16.7 Å². The molecule has 0 bridgehead atoms. The number of amides is 1. The highest BCUT2D eigenvalue weighted by Crippen LogP contribution is 2.21. The Hall–Kier alpha value is -1.24.